The van der Waals surface area contributed by atoms with Crippen molar-refractivity contribution in [3.63, 3.8) is 0 Å². The maximum Gasteiger partial charge on any atom is 0.222 e. The highest BCUT2D eigenvalue weighted by Gasteiger charge is 2.62. The molecule has 0 saturated heterocycles. The molecule has 0 bridgehead atoms. The van der Waals surface area contributed by atoms with Crippen molar-refractivity contribution < 1.29 is 14.7 Å². The standard InChI is InChI=1S/C31H53NO3/c1-5-32(6-2)28(35)13-11-9-7-8-10-12-22-20-23-21-24(33)16-18-30(23,3)26-17-19-31(4)25(29(22)26)14-15-27(31)34/h22-23,25-27,29,34H,5-21H2,1-4H3/t22-,23+,25+,26+,27+,29+,30+,31+/m1/s1. The first-order valence-electron chi connectivity index (χ1n) is 15.2. The molecule has 4 heteroatoms. The highest BCUT2D eigenvalue weighted by Crippen LogP contribution is 2.67. The van der Waals surface area contributed by atoms with Crippen LogP contribution in [0.3, 0.4) is 0 Å². The summed E-state index contributed by atoms with van der Waals surface area (Å²) in [4.78, 5) is 26.6. The molecule has 8 atom stereocenters. The Morgan fingerprint density at radius 2 is 1.63 bits per heavy atom. The largest absolute Gasteiger partial charge is 0.393 e. The first-order chi connectivity index (χ1) is 16.7. The van der Waals surface area contributed by atoms with Gasteiger partial charge in [0.2, 0.25) is 5.91 Å². The van der Waals surface area contributed by atoms with E-state index in [0.717, 1.165) is 69.4 Å². The average Bonchev–Trinajstić information content (AvgIpc) is 3.14. The molecule has 4 fully saturated rings. The van der Waals surface area contributed by atoms with Crippen molar-refractivity contribution in [3.8, 4) is 0 Å². The molecule has 4 nitrogen and oxygen atoms in total. The van der Waals surface area contributed by atoms with Crippen molar-refractivity contribution >= 4 is 11.7 Å². The zero-order valence-corrected chi connectivity index (χ0v) is 23.2. The third-order valence-electron chi connectivity index (χ3n) is 11.7. The Balaban J connectivity index is 1.34. The lowest BCUT2D eigenvalue weighted by Crippen LogP contribution is -2.57. The first kappa shape index (κ1) is 27.1. The van der Waals surface area contributed by atoms with E-state index in [-0.39, 0.29) is 11.5 Å². The summed E-state index contributed by atoms with van der Waals surface area (Å²) in [6, 6.07) is 0. The molecule has 0 spiro atoms. The summed E-state index contributed by atoms with van der Waals surface area (Å²) in [7, 11) is 0. The number of fused-ring (bicyclic) bond motifs is 5. The number of unbranched alkanes of at least 4 members (excludes halogenated alkanes) is 4. The predicted molar refractivity (Wildman–Crippen MR) is 142 cm³/mol. The van der Waals surface area contributed by atoms with E-state index in [4.69, 9.17) is 0 Å². The van der Waals surface area contributed by atoms with Gasteiger partial charge >= 0.3 is 0 Å². The molecule has 1 N–H and O–H groups in total. The molecule has 0 aromatic carbocycles. The van der Waals surface area contributed by atoms with Crippen LogP contribution in [0.5, 0.6) is 0 Å². The normalized spacial score (nSPS) is 40.7. The SMILES string of the molecule is CCN(CC)C(=O)CCCCCCC[C@@H]1C[C@H]2CC(=O)CC[C@]2(C)[C@H]2CC[C@]3(C)[C@@H](O)CC[C@H]3[C@H]12. The third kappa shape index (κ3) is 5.25. The summed E-state index contributed by atoms with van der Waals surface area (Å²) < 4.78 is 0. The number of Topliss-reactive ketones (excluding diaryl/α,β-unsaturated/α-hetero) is 1. The Morgan fingerprint density at radius 1 is 0.943 bits per heavy atom. The first-order valence-corrected chi connectivity index (χ1v) is 15.2. The van der Waals surface area contributed by atoms with Gasteiger partial charge in [0.05, 0.1) is 6.10 Å². The fourth-order valence-corrected chi connectivity index (χ4v) is 9.44. The molecule has 0 aliphatic heterocycles. The maximum absolute atomic E-state index is 12.4. The van der Waals surface area contributed by atoms with Crippen molar-refractivity contribution in [2.45, 2.75) is 130 Å². The number of hydrogen-bond donors (Lipinski definition) is 1. The van der Waals surface area contributed by atoms with Gasteiger partial charge in [-0.25, -0.2) is 0 Å². The molecule has 0 unspecified atom stereocenters. The van der Waals surface area contributed by atoms with Crippen molar-refractivity contribution in [2.75, 3.05) is 13.1 Å². The van der Waals surface area contributed by atoms with Crippen LogP contribution in [-0.4, -0.2) is 40.9 Å². The Morgan fingerprint density at radius 3 is 2.37 bits per heavy atom. The van der Waals surface area contributed by atoms with Crippen molar-refractivity contribution in [1.29, 1.82) is 0 Å². The van der Waals surface area contributed by atoms with Crippen LogP contribution in [0.15, 0.2) is 0 Å². The molecule has 35 heavy (non-hydrogen) atoms. The predicted octanol–water partition coefficient (Wildman–Crippen LogP) is 6.78. The Hall–Kier alpha value is -0.900. The number of rotatable bonds is 10. The quantitative estimate of drug-likeness (QED) is 0.345. The van der Waals surface area contributed by atoms with E-state index in [9.17, 15) is 14.7 Å². The Bertz CT molecular complexity index is 748. The Kier molecular flexibility index (Phi) is 8.71. The summed E-state index contributed by atoms with van der Waals surface area (Å²) >= 11 is 0. The summed E-state index contributed by atoms with van der Waals surface area (Å²) in [6.07, 6.45) is 16.4. The summed E-state index contributed by atoms with van der Waals surface area (Å²) in [5.41, 5.74) is 0.450. The van der Waals surface area contributed by atoms with Gasteiger partial charge in [-0.3, -0.25) is 9.59 Å². The molecule has 200 valence electrons. The van der Waals surface area contributed by atoms with Gasteiger partial charge in [0, 0.05) is 32.4 Å². The molecular formula is C31H53NO3. The van der Waals surface area contributed by atoms with E-state index in [0.29, 0.717) is 35.4 Å². The third-order valence-corrected chi connectivity index (χ3v) is 11.7. The number of carbonyl (C=O) groups is 2. The number of amides is 1. The smallest absolute Gasteiger partial charge is 0.222 e. The van der Waals surface area contributed by atoms with E-state index >= 15 is 0 Å². The van der Waals surface area contributed by atoms with Crippen LogP contribution < -0.4 is 0 Å². The van der Waals surface area contributed by atoms with Crippen LogP contribution in [0, 0.1) is 40.4 Å². The summed E-state index contributed by atoms with van der Waals surface area (Å²) in [6.45, 7) is 10.7. The highest BCUT2D eigenvalue weighted by atomic mass is 16.3. The van der Waals surface area contributed by atoms with Crippen LogP contribution in [0.25, 0.3) is 0 Å². The van der Waals surface area contributed by atoms with E-state index in [2.05, 4.69) is 27.7 Å². The van der Waals surface area contributed by atoms with Crippen LogP contribution >= 0.6 is 0 Å². The molecule has 0 radical (unpaired) electrons. The minimum Gasteiger partial charge on any atom is -0.393 e. The summed E-state index contributed by atoms with van der Waals surface area (Å²) in [5.74, 6) is 4.27. The number of hydrogen-bond acceptors (Lipinski definition) is 3. The topological polar surface area (TPSA) is 57.6 Å². The van der Waals surface area contributed by atoms with E-state index in [1.807, 2.05) is 4.90 Å². The van der Waals surface area contributed by atoms with Gasteiger partial charge in [-0.2, -0.15) is 0 Å². The van der Waals surface area contributed by atoms with Crippen molar-refractivity contribution in [1.82, 2.24) is 4.90 Å². The number of carbonyl (C=O) groups excluding carboxylic acids is 2. The number of aliphatic hydroxyl groups excluding tert-OH is 1. The van der Waals surface area contributed by atoms with E-state index in [1.54, 1.807) is 0 Å². The highest BCUT2D eigenvalue weighted by molar-refractivity contribution is 5.79. The van der Waals surface area contributed by atoms with Gasteiger partial charge in [-0.05, 0) is 99.2 Å². The lowest BCUT2D eigenvalue weighted by molar-refractivity contribution is -0.156. The van der Waals surface area contributed by atoms with Crippen molar-refractivity contribution in [2.24, 2.45) is 40.4 Å². The van der Waals surface area contributed by atoms with Gasteiger partial charge in [0.25, 0.3) is 0 Å². The van der Waals surface area contributed by atoms with Gasteiger partial charge in [-0.15, -0.1) is 0 Å². The molecule has 4 aliphatic rings. The zero-order valence-electron chi connectivity index (χ0n) is 23.2. The molecule has 0 aromatic rings. The lowest BCUT2D eigenvalue weighted by atomic mass is 9.42. The molecule has 0 aromatic heterocycles. The number of ketones is 1. The van der Waals surface area contributed by atoms with Crippen LogP contribution in [0.1, 0.15) is 124 Å². The van der Waals surface area contributed by atoms with E-state index < -0.39 is 0 Å². The minimum absolute atomic E-state index is 0.116. The fourth-order valence-electron chi connectivity index (χ4n) is 9.44. The van der Waals surface area contributed by atoms with Gasteiger partial charge in [0.1, 0.15) is 5.78 Å². The number of nitrogens with zero attached hydrogens (tertiary/aromatic N) is 1. The minimum atomic E-state index is -0.119. The van der Waals surface area contributed by atoms with Crippen molar-refractivity contribution in [3.05, 3.63) is 0 Å². The average molecular weight is 488 g/mol. The molecule has 1 amide bonds. The molecule has 4 saturated carbocycles. The van der Waals surface area contributed by atoms with Crippen LogP contribution in [0.4, 0.5) is 0 Å². The monoisotopic (exact) mass is 487 g/mol. The lowest BCUT2D eigenvalue weighted by Gasteiger charge is -2.62. The second kappa shape index (κ2) is 11.2. The van der Waals surface area contributed by atoms with Crippen LogP contribution in [0.2, 0.25) is 0 Å². The van der Waals surface area contributed by atoms with E-state index in [1.165, 1.54) is 51.4 Å². The maximum atomic E-state index is 12.4. The van der Waals surface area contributed by atoms with Crippen LogP contribution in [-0.2, 0) is 9.59 Å². The van der Waals surface area contributed by atoms with Gasteiger partial charge in [0.15, 0.2) is 0 Å². The second-order valence-corrected chi connectivity index (χ2v) is 13.2. The zero-order chi connectivity index (χ0) is 25.2. The summed E-state index contributed by atoms with van der Waals surface area (Å²) in [5, 5.41) is 10.9. The van der Waals surface area contributed by atoms with Gasteiger partial charge in [-0.1, -0.05) is 46.0 Å². The number of aliphatic hydroxyl groups is 1. The fraction of sp³-hybridized carbons (Fsp3) is 0.935. The second-order valence-electron chi connectivity index (χ2n) is 13.2. The van der Waals surface area contributed by atoms with Gasteiger partial charge < -0.3 is 10.0 Å². The molecule has 0 heterocycles. The molecular weight excluding hydrogens is 434 g/mol. The molecule has 4 aliphatic carbocycles. The Labute approximate surface area is 215 Å². The molecule has 4 rings (SSSR count).